The Morgan fingerprint density at radius 1 is 0.737 bits per heavy atom. The lowest BCUT2D eigenvalue weighted by Crippen LogP contribution is -2.33. The minimum atomic E-state index is -0.875. The van der Waals surface area contributed by atoms with Gasteiger partial charge in [0.2, 0.25) is 0 Å². The Bertz CT molecular complexity index is 812. The first-order valence-corrected chi connectivity index (χ1v) is 15.7. The summed E-state index contributed by atoms with van der Waals surface area (Å²) >= 11 is 0. The SMILES string of the molecule is CCCCCCCCCCCCCCCCC1(CCC(=O)CCCc2cccc(OC)c2)C(=O)CCC1=O. The van der Waals surface area contributed by atoms with Gasteiger partial charge in [0.1, 0.15) is 23.1 Å². The second-order valence-electron chi connectivity index (χ2n) is 11.5. The van der Waals surface area contributed by atoms with Crippen molar-refractivity contribution in [1.29, 1.82) is 0 Å². The molecule has 4 heteroatoms. The van der Waals surface area contributed by atoms with Crippen molar-refractivity contribution >= 4 is 17.3 Å². The Kier molecular flexibility index (Phi) is 16.2. The maximum Gasteiger partial charge on any atom is 0.146 e. The van der Waals surface area contributed by atoms with Crippen LogP contribution in [0.1, 0.15) is 147 Å². The summed E-state index contributed by atoms with van der Waals surface area (Å²) in [4.78, 5) is 38.2. The van der Waals surface area contributed by atoms with E-state index in [1.807, 2.05) is 24.3 Å². The number of rotatable bonds is 23. The molecular weight excluding hydrogens is 472 g/mol. The second-order valence-corrected chi connectivity index (χ2v) is 11.5. The third-order valence-corrected chi connectivity index (χ3v) is 8.49. The first-order valence-electron chi connectivity index (χ1n) is 15.7. The lowest BCUT2D eigenvalue weighted by Gasteiger charge is -2.25. The van der Waals surface area contributed by atoms with Crippen LogP contribution in [-0.2, 0) is 20.8 Å². The third kappa shape index (κ3) is 11.8. The largest absolute Gasteiger partial charge is 0.497 e. The molecule has 1 aromatic rings. The van der Waals surface area contributed by atoms with Crippen LogP contribution in [0.2, 0.25) is 0 Å². The fraction of sp³-hybridized carbons (Fsp3) is 0.735. The molecule has 0 saturated heterocycles. The summed E-state index contributed by atoms with van der Waals surface area (Å²) in [5.41, 5.74) is 0.284. The van der Waals surface area contributed by atoms with Gasteiger partial charge in [-0.3, -0.25) is 14.4 Å². The van der Waals surface area contributed by atoms with Crippen LogP contribution in [0.3, 0.4) is 0 Å². The molecule has 0 N–H and O–H groups in total. The van der Waals surface area contributed by atoms with Gasteiger partial charge in [-0.1, -0.05) is 109 Å². The van der Waals surface area contributed by atoms with Crippen molar-refractivity contribution in [2.75, 3.05) is 7.11 Å². The van der Waals surface area contributed by atoms with Crippen LogP contribution < -0.4 is 4.74 Å². The summed E-state index contributed by atoms with van der Waals surface area (Å²) in [6.45, 7) is 2.27. The number of aryl methyl sites for hydroxylation is 1. The first-order chi connectivity index (χ1) is 18.5. The molecule has 2 rings (SSSR count). The van der Waals surface area contributed by atoms with Crippen LogP contribution in [0, 0.1) is 5.41 Å². The number of Topliss-reactive ketones (excluding diaryl/α,β-unsaturated/α-hetero) is 3. The minimum Gasteiger partial charge on any atom is -0.497 e. The van der Waals surface area contributed by atoms with Gasteiger partial charge in [-0.2, -0.15) is 0 Å². The lowest BCUT2D eigenvalue weighted by molar-refractivity contribution is -0.136. The number of hydrogen-bond donors (Lipinski definition) is 0. The standard InChI is InChI=1S/C34H54O4/c1-3-4-5-6-7-8-9-10-11-12-13-14-15-16-26-34(32(36)23-24-33(34)37)27-25-30(35)21-17-19-29-20-18-22-31(28-29)38-2/h18,20,22,28H,3-17,19,21,23-27H2,1-2H3. The van der Waals surface area contributed by atoms with Crippen LogP contribution in [-0.4, -0.2) is 24.5 Å². The van der Waals surface area contributed by atoms with E-state index in [-0.39, 0.29) is 17.3 Å². The van der Waals surface area contributed by atoms with Crippen LogP contribution in [0.4, 0.5) is 0 Å². The van der Waals surface area contributed by atoms with E-state index < -0.39 is 5.41 Å². The van der Waals surface area contributed by atoms with Crippen LogP contribution in [0.25, 0.3) is 0 Å². The third-order valence-electron chi connectivity index (χ3n) is 8.49. The van der Waals surface area contributed by atoms with Gasteiger partial charge < -0.3 is 4.74 Å². The smallest absolute Gasteiger partial charge is 0.146 e. The number of methoxy groups -OCH3 is 1. The van der Waals surface area contributed by atoms with Gasteiger partial charge in [0.05, 0.1) is 12.5 Å². The normalized spacial score (nSPS) is 14.8. The van der Waals surface area contributed by atoms with E-state index in [9.17, 15) is 14.4 Å². The van der Waals surface area contributed by atoms with Crippen molar-refractivity contribution in [1.82, 2.24) is 0 Å². The van der Waals surface area contributed by atoms with Gasteiger partial charge in [-0.05, 0) is 43.4 Å². The van der Waals surface area contributed by atoms with Gasteiger partial charge in [-0.15, -0.1) is 0 Å². The summed E-state index contributed by atoms with van der Waals surface area (Å²) in [5.74, 6) is 1.17. The number of carbonyl (C=O) groups is 3. The molecule has 0 spiro atoms. The predicted molar refractivity (Wildman–Crippen MR) is 157 cm³/mol. The quantitative estimate of drug-likeness (QED) is 0.105. The van der Waals surface area contributed by atoms with E-state index in [1.54, 1.807) is 7.11 Å². The number of carbonyl (C=O) groups excluding carboxylic acids is 3. The van der Waals surface area contributed by atoms with Gasteiger partial charge in [0, 0.05) is 25.7 Å². The van der Waals surface area contributed by atoms with Gasteiger partial charge in [0.25, 0.3) is 0 Å². The molecular formula is C34H54O4. The predicted octanol–water partition coefficient (Wildman–Crippen LogP) is 9.16. The maximum atomic E-state index is 12.8. The molecule has 0 radical (unpaired) electrons. The molecule has 0 bridgehead atoms. The van der Waals surface area contributed by atoms with E-state index in [2.05, 4.69) is 6.92 Å². The molecule has 0 aromatic heterocycles. The zero-order valence-electron chi connectivity index (χ0n) is 24.5. The Balaban J connectivity index is 1.60. The fourth-order valence-corrected chi connectivity index (χ4v) is 5.96. The average molecular weight is 527 g/mol. The monoisotopic (exact) mass is 526 g/mol. The van der Waals surface area contributed by atoms with E-state index in [0.29, 0.717) is 38.5 Å². The van der Waals surface area contributed by atoms with Crippen molar-refractivity contribution < 1.29 is 19.1 Å². The molecule has 0 unspecified atom stereocenters. The molecule has 214 valence electrons. The zero-order chi connectivity index (χ0) is 27.5. The molecule has 1 aliphatic carbocycles. The summed E-state index contributed by atoms with van der Waals surface area (Å²) in [6, 6.07) is 7.94. The molecule has 4 nitrogen and oxygen atoms in total. The second kappa shape index (κ2) is 19.1. The van der Waals surface area contributed by atoms with Crippen LogP contribution in [0.15, 0.2) is 24.3 Å². The molecule has 38 heavy (non-hydrogen) atoms. The summed E-state index contributed by atoms with van der Waals surface area (Å²) < 4.78 is 5.27. The summed E-state index contributed by atoms with van der Waals surface area (Å²) in [5, 5.41) is 0. The van der Waals surface area contributed by atoms with Crippen LogP contribution in [0.5, 0.6) is 5.75 Å². The number of ether oxygens (including phenoxy) is 1. The van der Waals surface area contributed by atoms with Crippen LogP contribution >= 0.6 is 0 Å². The van der Waals surface area contributed by atoms with Crippen molar-refractivity contribution in [3.8, 4) is 5.75 Å². The van der Waals surface area contributed by atoms with E-state index in [1.165, 1.54) is 77.0 Å². The van der Waals surface area contributed by atoms with Crippen molar-refractivity contribution in [3.05, 3.63) is 29.8 Å². The summed E-state index contributed by atoms with van der Waals surface area (Å²) in [6.07, 6.45) is 22.3. The topological polar surface area (TPSA) is 60.4 Å². The molecule has 0 amide bonds. The molecule has 1 aromatic carbocycles. The Morgan fingerprint density at radius 2 is 1.29 bits per heavy atom. The average Bonchev–Trinajstić information content (AvgIpc) is 3.20. The highest BCUT2D eigenvalue weighted by molar-refractivity contribution is 6.13. The van der Waals surface area contributed by atoms with E-state index in [4.69, 9.17) is 4.74 Å². The van der Waals surface area contributed by atoms with E-state index >= 15 is 0 Å². The maximum absolute atomic E-state index is 12.8. The molecule has 1 saturated carbocycles. The van der Waals surface area contributed by atoms with Crippen molar-refractivity contribution in [2.45, 2.75) is 148 Å². The molecule has 1 fully saturated rings. The van der Waals surface area contributed by atoms with Gasteiger partial charge in [-0.25, -0.2) is 0 Å². The highest BCUT2D eigenvalue weighted by Crippen LogP contribution is 2.41. The number of ketones is 3. The number of hydrogen-bond acceptors (Lipinski definition) is 4. The molecule has 0 aliphatic heterocycles. The van der Waals surface area contributed by atoms with Gasteiger partial charge in [0.15, 0.2) is 0 Å². The minimum absolute atomic E-state index is 0.0846. The van der Waals surface area contributed by atoms with Crippen molar-refractivity contribution in [3.63, 3.8) is 0 Å². The van der Waals surface area contributed by atoms with E-state index in [0.717, 1.165) is 37.0 Å². The molecule has 0 heterocycles. The number of benzene rings is 1. The molecule has 1 aliphatic rings. The lowest BCUT2D eigenvalue weighted by atomic mass is 9.75. The molecule has 0 atom stereocenters. The van der Waals surface area contributed by atoms with Crippen molar-refractivity contribution in [2.24, 2.45) is 5.41 Å². The number of unbranched alkanes of at least 4 members (excludes halogenated alkanes) is 13. The van der Waals surface area contributed by atoms with Gasteiger partial charge >= 0.3 is 0 Å². The Hall–Kier alpha value is -1.97. The Labute approximate surface area is 232 Å². The summed E-state index contributed by atoms with van der Waals surface area (Å²) in [7, 11) is 1.66. The first kappa shape index (κ1) is 32.2. The zero-order valence-corrected chi connectivity index (χ0v) is 24.5. The Morgan fingerprint density at radius 3 is 1.84 bits per heavy atom. The fourth-order valence-electron chi connectivity index (χ4n) is 5.96. The highest BCUT2D eigenvalue weighted by atomic mass is 16.5. The highest BCUT2D eigenvalue weighted by Gasteiger charge is 2.48.